The Hall–Kier alpha value is -2.41. The Morgan fingerprint density at radius 3 is 2.46 bits per heavy atom. The summed E-state index contributed by atoms with van der Waals surface area (Å²) in [5.74, 6) is -1.79. The number of benzene rings is 2. The lowest BCUT2D eigenvalue weighted by atomic mass is 10.1. The molecule has 24 heavy (non-hydrogen) atoms. The maximum atomic E-state index is 13.5. The molecule has 0 fully saturated rings. The molecular weight excluding hydrogens is 381 g/mol. The van der Waals surface area contributed by atoms with E-state index in [1.54, 1.807) is 30.3 Å². The second kappa shape index (κ2) is 8.44. The van der Waals surface area contributed by atoms with Crippen LogP contribution >= 0.6 is 15.9 Å². The summed E-state index contributed by atoms with van der Waals surface area (Å²) in [4.78, 5) is 23.9. The van der Waals surface area contributed by atoms with Crippen LogP contribution in [0.4, 0.5) is 4.39 Å². The van der Waals surface area contributed by atoms with Crippen LogP contribution in [0, 0.1) is 5.82 Å². The van der Waals surface area contributed by atoms with Crippen molar-refractivity contribution in [1.82, 2.24) is 5.32 Å². The van der Waals surface area contributed by atoms with Crippen LogP contribution in [-0.2, 0) is 14.3 Å². The minimum absolute atomic E-state index is 0.0362. The van der Waals surface area contributed by atoms with Crippen LogP contribution < -0.4 is 10.1 Å². The van der Waals surface area contributed by atoms with Crippen molar-refractivity contribution in [2.24, 2.45) is 0 Å². The van der Waals surface area contributed by atoms with Crippen molar-refractivity contribution >= 4 is 27.8 Å². The van der Waals surface area contributed by atoms with Crippen molar-refractivity contribution in [2.45, 2.75) is 6.04 Å². The van der Waals surface area contributed by atoms with Crippen LogP contribution in [0.15, 0.2) is 53.0 Å². The Labute approximate surface area is 146 Å². The summed E-state index contributed by atoms with van der Waals surface area (Å²) in [6.45, 7) is -0.426. The molecule has 7 heteroatoms. The van der Waals surface area contributed by atoms with Crippen molar-refractivity contribution in [2.75, 3.05) is 13.7 Å². The molecule has 0 spiro atoms. The lowest BCUT2D eigenvalue weighted by Crippen LogP contribution is -2.37. The van der Waals surface area contributed by atoms with E-state index in [0.717, 1.165) is 4.47 Å². The van der Waals surface area contributed by atoms with Gasteiger partial charge in [-0.15, -0.1) is 0 Å². The first kappa shape index (κ1) is 17.9. The number of rotatable bonds is 6. The molecule has 1 N–H and O–H groups in total. The maximum Gasteiger partial charge on any atom is 0.333 e. The average molecular weight is 396 g/mol. The van der Waals surface area contributed by atoms with Crippen LogP contribution in [0.2, 0.25) is 0 Å². The third kappa shape index (κ3) is 4.79. The number of halogens is 2. The summed E-state index contributed by atoms with van der Waals surface area (Å²) in [5, 5.41) is 2.52. The highest BCUT2D eigenvalue weighted by atomic mass is 79.9. The summed E-state index contributed by atoms with van der Waals surface area (Å²) in [7, 11) is 1.23. The fourth-order valence-electron chi connectivity index (χ4n) is 1.96. The van der Waals surface area contributed by atoms with Gasteiger partial charge < -0.3 is 14.8 Å². The number of carbonyl (C=O) groups is 2. The van der Waals surface area contributed by atoms with Crippen molar-refractivity contribution in [3.8, 4) is 5.75 Å². The molecule has 126 valence electrons. The predicted molar refractivity (Wildman–Crippen MR) is 88.9 cm³/mol. The Kier molecular flexibility index (Phi) is 6.31. The number of esters is 1. The van der Waals surface area contributed by atoms with Crippen molar-refractivity contribution in [1.29, 1.82) is 0 Å². The van der Waals surface area contributed by atoms with Gasteiger partial charge in [0.05, 0.1) is 7.11 Å². The Bertz CT molecular complexity index is 721. The minimum atomic E-state index is -0.972. The number of carbonyl (C=O) groups excluding carboxylic acids is 2. The van der Waals surface area contributed by atoms with E-state index < -0.39 is 30.3 Å². The van der Waals surface area contributed by atoms with Crippen LogP contribution in [0.3, 0.4) is 0 Å². The van der Waals surface area contributed by atoms with Gasteiger partial charge in [-0.2, -0.15) is 0 Å². The largest absolute Gasteiger partial charge is 0.481 e. The van der Waals surface area contributed by atoms with E-state index in [1.165, 1.54) is 25.3 Å². The van der Waals surface area contributed by atoms with Crippen LogP contribution in [0.1, 0.15) is 11.6 Å². The van der Waals surface area contributed by atoms with E-state index in [9.17, 15) is 14.0 Å². The molecule has 0 saturated carbocycles. The third-order valence-electron chi connectivity index (χ3n) is 3.14. The zero-order valence-electron chi connectivity index (χ0n) is 12.8. The number of methoxy groups -OCH3 is 1. The molecule has 0 heterocycles. The SMILES string of the molecule is COC(=O)C(NC(=O)COc1ccccc1F)c1ccc(Br)cc1. The molecule has 1 unspecified atom stereocenters. The third-order valence-corrected chi connectivity index (χ3v) is 3.67. The van der Waals surface area contributed by atoms with Crippen molar-refractivity contribution < 1.29 is 23.5 Å². The zero-order chi connectivity index (χ0) is 17.5. The molecule has 2 rings (SSSR count). The van der Waals surface area contributed by atoms with Gasteiger partial charge in [-0.3, -0.25) is 4.79 Å². The minimum Gasteiger partial charge on any atom is -0.481 e. The highest BCUT2D eigenvalue weighted by Gasteiger charge is 2.23. The Balaban J connectivity index is 2.03. The highest BCUT2D eigenvalue weighted by Crippen LogP contribution is 2.19. The number of amides is 1. The Morgan fingerprint density at radius 1 is 1.17 bits per heavy atom. The fraction of sp³-hybridized carbons (Fsp3) is 0.176. The van der Waals surface area contributed by atoms with E-state index >= 15 is 0 Å². The molecule has 1 atom stereocenters. The summed E-state index contributed by atoms with van der Waals surface area (Å²) in [6.07, 6.45) is 0. The lowest BCUT2D eigenvalue weighted by molar-refractivity contribution is -0.145. The fourth-order valence-corrected chi connectivity index (χ4v) is 2.22. The molecule has 5 nitrogen and oxygen atoms in total. The lowest BCUT2D eigenvalue weighted by Gasteiger charge is -2.17. The first-order valence-corrected chi connectivity index (χ1v) is 7.80. The standard InChI is InChI=1S/C17H15BrFNO4/c1-23-17(22)16(11-6-8-12(18)9-7-11)20-15(21)10-24-14-5-3-2-4-13(14)19/h2-9,16H,10H2,1H3,(H,20,21). The molecule has 0 bridgehead atoms. The van der Waals surface area contributed by atoms with Gasteiger partial charge in [0.15, 0.2) is 24.2 Å². The molecule has 0 aliphatic heterocycles. The number of para-hydroxylation sites is 1. The second-order valence-electron chi connectivity index (χ2n) is 4.79. The molecule has 0 aliphatic carbocycles. The number of ether oxygens (including phenoxy) is 2. The predicted octanol–water partition coefficient (Wildman–Crippen LogP) is 3.00. The van der Waals surface area contributed by atoms with E-state index in [2.05, 4.69) is 21.2 Å². The topological polar surface area (TPSA) is 64.6 Å². The molecule has 1 amide bonds. The van der Waals surface area contributed by atoms with Gasteiger partial charge in [0, 0.05) is 4.47 Å². The van der Waals surface area contributed by atoms with E-state index in [4.69, 9.17) is 9.47 Å². The van der Waals surface area contributed by atoms with Crippen LogP contribution in [0.25, 0.3) is 0 Å². The number of nitrogens with one attached hydrogen (secondary N) is 1. The molecular formula is C17H15BrFNO4. The number of hydrogen-bond donors (Lipinski definition) is 1. The van der Waals surface area contributed by atoms with Crippen LogP contribution in [0.5, 0.6) is 5.75 Å². The summed E-state index contributed by atoms with van der Waals surface area (Å²) in [6, 6.07) is 11.6. The van der Waals surface area contributed by atoms with Gasteiger partial charge in [0.1, 0.15) is 0 Å². The summed E-state index contributed by atoms with van der Waals surface area (Å²) < 4.78 is 24.1. The quantitative estimate of drug-likeness (QED) is 0.763. The van der Waals surface area contributed by atoms with Crippen LogP contribution in [-0.4, -0.2) is 25.6 Å². The normalized spacial score (nSPS) is 11.5. The molecule has 2 aromatic carbocycles. The summed E-state index contributed by atoms with van der Waals surface area (Å²) in [5.41, 5.74) is 0.560. The second-order valence-corrected chi connectivity index (χ2v) is 5.71. The van der Waals surface area contributed by atoms with Gasteiger partial charge in [-0.1, -0.05) is 40.2 Å². The molecule has 0 aliphatic rings. The number of hydrogen-bond acceptors (Lipinski definition) is 4. The zero-order valence-corrected chi connectivity index (χ0v) is 14.4. The first-order valence-electron chi connectivity index (χ1n) is 7.01. The van der Waals surface area contributed by atoms with Gasteiger partial charge in [-0.25, -0.2) is 9.18 Å². The van der Waals surface area contributed by atoms with Crippen molar-refractivity contribution in [3.63, 3.8) is 0 Å². The van der Waals surface area contributed by atoms with Gasteiger partial charge in [-0.05, 0) is 29.8 Å². The van der Waals surface area contributed by atoms with Crippen molar-refractivity contribution in [3.05, 3.63) is 64.4 Å². The Morgan fingerprint density at radius 2 is 1.83 bits per heavy atom. The van der Waals surface area contributed by atoms with Gasteiger partial charge >= 0.3 is 5.97 Å². The van der Waals surface area contributed by atoms with Gasteiger partial charge in [0.2, 0.25) is 0 Å². The smallest absolute Gasteiger partial charge is 0.333 e. The molecule has 0 radical (unpaired) electrons. The van der Waals surface area contributed by atoms with E-state index in [0.29, 0.717) is 5.56 Å². The van der Waals surface area contributed by atoms with Gasteiger partial charge in [0.25, 0.3) is 5.91 Å². The monoisotopic (exact) mass is 395 g/mol. The van der Waals surface area contributed by atoms with E-state index in [-0.39, 0.29) is 5.75 Å². The first-order chi connectivity index (χ1) is 11.5. The molecule has 2 aromatic rings. The molecule has 0 saturated heterocycles. The highest BCUT2D eigenvalue weighted by molar-refractivity contribution is 9.10. The molecule has 0 aromatic heterocycles. The van der Waals surface area contributed by atoms with E-state index in [1.807, 2.05) is 0 Å². The average Bonchev–Trinajstić information content (AvgIpc) is 2.59. The maximum absolute atomic E-state index is 13.5. The summed E-state index contributed by atoms with van der Waals surface area (Å²) >= 11 is 3.30.